The third-order valence-electron chi connectivity index (χ3n) is 2.90. The molecule has 0 aliphatic heterocycles. The number of hydrogen-bond donors (Lipinski definition) is 0. The fraction of sp³-hybridized carbons (Fsp3) is 0.267. The van der Waals surface area contributed by atoms with Crippen LogP contribution >= 0.6 is 11.6 Å². The number of hydrogen-bond acceptors (Lipinski definition) is 2. The van der Waals surface area contributed by atoms with Crippen LogP contribution in [-0.2, 0) is 6.54 Å². The second-order valence-corrected chi connectivity index (χ2v) is 4.73. The van der Waals surface area contributed by atoms with Crippen molar-refractivity contribution in [3.8, 4) is 17.0 Å². The van der Waals surface area contributed by atoms with E-state index in [-0.39, 0.29) is 0 Å². The molecule has 112 valence electrons. The monoisotopic (exact) mass is 313 g/mol. The van der Waals surface area contributed by atoms with Gasteiger partial charge in [0.05, 0.1) is 23.9 Å². The molecule has 0 aliphatic rings. The molecule has 0 saturated heterocycles. The van der Waals surface area contributed by atoms with Crippen LogP contribution in [0.2, 0.25) is 5.02 Å². The first kappa shape index (κ1) is 15.5. The molecule has 0 fully saturated rings. The Labute approximate surface area is 125 Å². The van der Waals surface area contributed by atoms with Crippen molar-refractivity contribution in [1.29, 1.82) is 0 Å². The van der Waals surface area contributed by atoms with Crippen molar-refractivity contribution < 1.29 is 13.5 Å². The van der Waals surface area contributed by atoms with Gasteiger partial charge in [-0.05, 0) is 31.2 Å². The molecule has 0 aliphatic carbocycles. The SMILES string of the molecule is CCOc1ccc(-c2cccc(=O)n2CC(F)F)c(Cl)c1. The number of pyridine rings is 1. The Morgan fingerprint density at radius 3 is 2.67 bits per heavy atom. The third kappa shape index (κ3) is 3.61. The molecule has 0 amide bonds. The fourth-order valence-electron chi connectivity index (χ4n) is 2.04. The smallest absolute Gasteiger partial charge is 0.256 e. The summed E-state index contributed by atoms with van der Waals surface area (Å²) in [4.78, 5) is 11.8. The summed E-state index contributed by atoms with van der Waals surface area (Å²) in [5.74, 6) is 0.588. The van der Waals surface area contributed by atoms with Gasteiger partial charge in [0.25, 0.3) is 12.0 Å². The number of aromatic nitrogens is 1. The molecule has 0 bridgehead atoms. The lowest BCUT2D eigenvalue weighted by Gasteiger charge is -2.14. The molecule has 21 heavy (non-hydrogen) atoms. The Bertz CT molecular complexity index is 686. The zero-order valence-electron chi connectivity index (χ0n) is 11.4. The van der Waals surface area contributed by atoms with Crippen LogP contribution in [0, 0.1) is 0 Å². The Morgan fingerprint density at radius 1 is 1.29 bits per heavy atom. The summed E-state index contributed by atoms with van der Waals surface area (Å²) < 4.78 is 31.6. The molecule has 6 heteroatoms. The van der Waals surface area contributed by atoms with Crippen molar-refractivity contribution in [2.75, 3.05) is 6.61 Å². The molecule has 1 aromatic heterocycles. The Hall–Kier alpha value is -1.88. The topological polar surface area (TPSA) is 31.2 Å². The third-order valence-corrected chi connectivity index (χ3v) is 3.21. The van der Waals surface area contributed by atoms with E-state index in [1.807, 2.05) is 6.92 Å². The highest BCUT2D eigenvalue weighted by molar-refractivity contribution is 6.33. The first-order valence-electron chi connectivity index (χ1n) is 6.43. The van der Waals surface area contributed by atoms with E-state index in [2.05, 4.69) is 0 Å². The largest absolute Gasteiger partial charge is 0.494 e. The van der Waals surface area contributed by atoms with Crippen LogP contribution in [0.4, 0.5) is 8.78 Å². The molecule has 2 aromatic rings. The van der Waals surface area contributed by atoms with Crippen molar-refractivity contribution in [3.05, 3.63) is 51.8 Å². The summed E-state index contributed by atoms with van der Waals surface area (Å²) in [6.45, 7) is 1.68. The highest BCUT2D eigenvalue weighted by atomic mass is 35.5. The van der Waals surface area contributed by atoms with Gasteiger partial charge in [0.1, 0.15) is 5.75 Å². The van der Waals surface area contributed by atoms with Crippen molar-refractivity contribution >= 4 is 11.6 Å². The zero-order chi connectivity index (χ0) is 15.4. The maximum atomic E-state index is 12.6. The molecular formula is C15H14ClF2NO2. The van der Waals surface area contributed by atoms with E-state index in [9.17, 15) is 13.6 Å². The van der Waals surface area contributed by atoms with Gasteiger partial charge < -0.3 is 9.30 Å². The number of ether oxygens (including phenoxy) is 1. The predicted molar refractivity (Wildman–Crippen MR) is 78.3 cm³/mol. The van der Waals surface area contributed by atoms with Gasteiger partial charge in [0.15, 0.2) is 0 Å². The number of nitrogens with zero attached hydrogens (tertiary/aromatic N) is 1. The summed E-state index contributed by atoms with van der Waals surface area (Å²) in [5.41, 5.74) is 0.382. The van der Waals surface area contributed by atoms with Gasteiger partial charge >= 0.3 is 0 Å². The summed E-state index contributed by atoms with van der Waals surface area (Å²) in [7, 11) is 0. The van der Waals surface area contributed by atoms with Crippen molar-refractivity contribution in [1.82, 2.24) is 4.57 Å². The summed E-state index contributed by atoms with van der Waals surface area (Å²) >= 11 is 6.18. The average Bonchev–Trinajstić information content (AvgIpc) is 2.42. The molecule has 1 aromatic carbocycles. The standard InChI is InChI=1S/C15H14ClF2NO2/c1-2-21-10-6-7-11(12(16)8-10)13-4-3-5-15(20)19(13)9-14(17)18/h3-8,14H,2,9H2,1H3. The Balaban J connectivity index is 2.51. The lowest BCUT2D eigenvalue weighted by atomic mass is 10.1. The van der Waals surface area contributed by atoms with E-state index in [1.165, 1.54) is 12.1 Å². The van der Waals surface area contributed by atoms with Crippen LogP contribution in [0.25, 0.3) is 11.3 Å². The Morgan fingerprint density at radius 2 is 2.05 bits per heavy atom. The van der Waals surface area contributed by atoms with Gasteiger partial charge in [-0.25, -0.2) is 8.78 Å². The van der Waals surface area contributed by atoms with Crippen molar-refractivity contribution in [2.24, 2.45) is 0 Å². The van der Waals surface area contributed by atoms with E-state index in [4.69, 9.17) is 16.3 Å². The van der Waals surface area contributed by atoms with Crippen molar-refractivity contribution in [2.45, 2.75) is 19.9 Å². The number of rotatable bonds is 5. The Kier molecular flexibility index (Phi) is 4.96. The molecule has 0 unspecified atom stereocenters. The van der Waals surface area contributed by atoms with Gasteiger partial charge in [-0.2, -0.15) is 0 Å². The molecule has 0 spiro atoms. The van der Waals surface area contributed by atoms with Crippen LogP contribution in [-0.4, -0.2) is 17.6 Å². The van der Waals surface area contributed by atoms with Gasteiger partial charge in [-0.15, -0.1) is 0 Å². The minimum Gasteiger partial charge on any atom is -0.494 e. The quantitative estimate of drug-likeness (QED) is 0.840. The van der Waals surface area contributed by atoms with Crippen LogP contribution < -0.4 is 10.3 Å². The van der Waals surface area contributed by atoms with Crippen LogP contribution in [0.5, 0.6) is 5.75 Å². The normalized spacial score (nSPS) is 10.9. The maximum Gasteiger partial charge on any atom is 0.256 e. The molecule has 0 radical (unpaired) electrons. The highest BCUT2D eigenvalue weighted by Gasteiger charge is 2.14. The number of alkyl halides is 2. The molecule has 2 rings (SSSR count). The van der Waals surface area contributed by atoms with Crippen LogP contribution in [0.1, 0.15) is 6.92 Å². The van der Waals surface area contributed by atoms with E-state index in [0.29, 0.717) is 28.6 Å². The van der Waals surface area contributed by atoms with Gasteiger partial charge in [0, 0.05) is 11.6 Å². The molecule has 0 atom stereocenters. The summed E-state index contributed by atoms with van der Waals surface area (Å²) in [6, 6.07) is 9.30. The lowest BCUT2D eigenvalue weighted by Crippen LogP contribution is -2.23. The second kappa shape index (κ2) is 6.72. The molecule has 3 nitrogen and oxygen atoms in total. The number of halogens is 3. The van der Waals surface area contributed by atoms with E-state index in [0.717, 1.165) is 4.57 Å². The van der Waals surface area contributed by atoms with Gasteiger partial charge in [0.2, 0.25) is 0 Å². The second-order valence-electron chi connectivity index (χ2n) is 4.33. The zero-order valence-corrected chi connectivity index (χ0v) is 12.1. The van der Waals surface area contributed by atoms with Gasteiger partial charge in [-0.1, -0.05) is 17.7 Å². The fourth-order valence-corrected chi connectivity index (χ4v) is 2.31. The average molecular weight is 314 g/mol. The highest BCUT2D eigenvalue weighted by Crippen LogP contribution is 2.30. The number of benzene rings is 1. The van der Waals surface area contributed by atoms with Gasteiger partial charge in [-0.3, -0.25) is 4.79 Å². The van der Waals surface area contributed by atoms with Crippen LogP contribution in [0.3, 0.4) is 0 Å². The first-order valence-corrected chi connectivity index (χ1v) is 6.81. The summed E-state index contributed by atoms with van der Waals surface area (Å²) in [5, 5.41) is 0.342. The predicted octanol–water partition coefficient (Wildman–Crippen LogP) is 3.83. The van der Waals surface area contributed by atoms with Crippen molar-refractivity contribution in [3.63, 3.8) is 0 Å². The van der Waals surface area contributed by atoms with Crippen LogP contribution in [0.15, 0.2) is 41.2 Å². The van der Waals surface area contributed by atoms with E-state index >= 15 is 0 Å². The molecular weight excluding hydrogens is 300 g/mol. The summed E-state index contributed by atoms with van der Waals surface area (Å²) in [6.07, 6.45) is -2.62. The lowest BCUT2D eigenvalue weighted by molar-refractivity contribution is 0.126. The molecule has 0 N–H and O–H groups in total. The van der Waals surface area contributed by atoms with E-state index < -0.39 is 18.5 Å². The minimum absolute atomic E-state index is 0.342. The molecule has 0 saturated carbocycles. The minimum atomic E-state index is -2.62. The molecule has 1 heterocycles. The maximum absolute atomic E-state index is 12.6. The van der Waals surface area contributed by atoms with E-state index in [1.54, 1.807) is 24.3 Å². The first-order chi connectivity index (χ1) is 10.0.